The minimum Gasteiger partial charge on any atom is -0.392 e. The number of hydrogen-bond donors (Lipinski definition) is 2. The third-order valence-electron chi connectivity index (χ3n) is 5.38. The highest BCUT2D eigenvalue weighted by Crippen LogP contribution is 2.26. The molecule has 7 nitrogen and oxygen atoms in total. The molecule has 1 amide bonds. The molecule has 28 heavy (non-hydrogen) atoms. The van der Waals surface area contributed by atoms with Crippen molar-refractivity contribution in [2.75, 3.05) is 18.8 Å². The van der Waals surface area contributed by atoms with Crippen LogP contribution in [0.3, 0.4) is 0 Å². The summed E-state index contributed by atoms with van der Waals surface area (Å²) < 4.78 is 1.27. The fourth-order valence-electron chi connectivity index (χ4n) is 3.54. The molecular weight excluding hydrogens is 380 g/mol. The molecule has 0 bridgehead atoms. The number of benzene rings is 1. The molecule has 0 spiro atoms. The molecule has 8 heteroatoms. The predicted octanol–water partition coefficient (Wildman–Crippen LogP) is 2.03. The fourth-order valence-corrected chi connectivity index (χ4v) is 3.66. The zero-order valence-corrected chi connectivity index (χ0v) is 16.6. The zero-order valence-electron chi connectivity index (χ0n) is 15.8. The molecule has 1 aromatic carbocycles. The second kappa shape index (κ2) is 8.32. The third kappa shape index (κ3) is 4.54. The van der Waals surface area contributed by atoms with Gasteiger partial charge >= 0.3 is 0 Å². The van der Waals surface area contributed by atoms with Crippen molar-refractivity contribution < 1.29 is 9.90 Å². The molecule has 3 N–H and O–H groups in total. The quantitative estimate of drug-likeness (QED) is 0.742. The number of likely N-dealkylation sites (tertiary alicyclic amines) is 1. The fraction of sp³-hybridized carbons (Fsp3) is 0.450. The summed E-state index contributed by atoms with van der Waals surface area (Å²) in [5.41, 5.74) is 5.07. The minimum atomic E-state index is -1.09. The summed E-state index contributed by atoms with van der Waals surface area (Å²) in [5.74, 6) is 0.212. The van der Waals surface area contributed by atoms with Gasteiger partial charge in [0, 0.05) is 19.5 Å². The highest BCUT2D eigenvalue weighted by atomic mass is 35.5. The van der Waals surface area contributed by atoms with Crippen molar-refractivity contribution in [3.8, 4) is 0 Å². The summed E-state index contributed by atoms with van der Waals surface area (Å²) in [6.45, 7) is 3.00. The molecule has 0 saturated carbocycles. The summed E-state index contributed by atoms with van der Waals surface area (Å²) in [6, 6.07) is 9.95. The minimum absolute atomic E-state index is 0.0406. The molecular formula is C20H25ClN4O3. The van der Waals surface area contributed by atoms with Crippen LogP contribution in [0.15, 0.2) is 41.5 Å². The van der Waals surface area contributed by atoms with Crippen molar-refractivity contribution in [2.24, 2.45) is 0 Å². The molecule has 1 saturated heterocycles. The second-order valence-electron chi connectivity index (χ2n) is 7.50. The van der Waals surface area contributed by atoms with Crippen molar-refractivity contribution in [3.63, 3.8) is 0 Å². The molecule has 2 heterocycles. The van der Waals surface area contributed by atoms with Gasteiger partial charge < -0.3 is 15.7 Å². The van der Waals surface area contributed by atoms with Gasteiger partial charge in [-0.05, 0) is 24.3 Å². The average Bonchev–Trinajstić information content (AvgIpc) is 2.69. The first-order valence-electron chi connectivity index (χ1n) is 9.34. The van der Waals surface area contributed by atoms with Crippen LogP contribution in [0.2, 0.25) is 5.15 Å². The van der Waals surface area contributed by atoms with E-state index in [-0.39, 0.29) is 29.2 Å². The van der Waals surface area contributed by atoms with E-state index >= 15 is 0 Å². The van der Waals surface area contributed by atoms with Crippen LogP contribution < -0.4 is 11.3 Å². The molecule has 1 unspecified atom stereocenters. The predicted molar refractivity (Wildman–Crippen MR) is 108 cm³/mol. The Morgan fingerprint density at radius 2 is 1.96 bits per heavy atom. The van der Waals surface area contributed by atoms with Gasteiger partial charge in [0.1, 0.15) is 5.69 Å². The van der Waals surface area contributed by atoms with Gasteiger partial charge in [-0.3, -0.25) is 14.2 Å². The Labute approximate surface area is 168 Å². The smallest absolute Gasteiger partial charge is 0.278 e. The van der Waals surface area contributed by atoms with Crippen molar-refractivity contribution >= 4 is 23.2 Å². The number of carbonyl (C=O) groups excluding carboxylic acids is 1. The van der Waals surface area contributed by atoms with Crippen LogP contribution in [0, 0.1) is 0 Å². The number of amides is 1. The van der Waals surface area contributed by atoms with E-state index in [0.717, 1.165) is 5.56 Å². The Bertz CT molecular complexity index is 892. The third-order valence-corrected chi connectivity index (χ3v) is 5.69. The Kier molecular flexibility index (Phi) is 6.05. The van der Waals surface area contributed by atoms with Gasteiger partial charge in [0.2, 0.25) is 5.91 Å². The first kappa shape index (κ1) is 20.4. The van der Waals surface area contributed by atoms with Crippen molar-refractivity contribution in [2.45, 2.75) is 44.2 Å². The number of rotatable bonds is 5. The van der Waals surface area contributed by atoms with Crippen LogP contribution in [-0.4, -0.2) is 44.2 Å². The van der Waals surface area contributed by atoms with Gasteiger partial charge in [-0.15, -0.1) is 0 Å². The van der Waals surface area contributed by atoms with Gasteiger partial charge in [0.05, 0.1) is 18.5 Å². The summed E-state index contributed by atoms with van der Waals surface area (Å²) in [5, 5.41) is 10.8. The van der Waals surface area contributed by atoms with E-state index in [0.29, 0.717) is 32.4 Å². The Balaban J connectivity index is 1.58. The molecule has 150 valence electrons. The van der Waals surface area contributed by atoms with E-state index in [1.54, 1.807) is 4.90 Å². The van der Waals surface area contributed by atoms with Crippen LogP contribution in [-0.2, 0) is 11.3 Å². The van der Waals surface area contributed by atoms with Gasteiger partial charge in [-0.25, -0.2) is 4.98 Å². The highest BCUT2D eigenvalue weighted by molar-refractivity contribution is 6.31. The maximum atomic E-state index is 12.6. The second-order valence-corrected chi connectivity index (χ2v) is 7.86. The number of halogens is 1. The molecule has 0 aliphatic carbocycles. The Morgan fingerprint density at radius 1 is 1.32 bits per heavy atom. The molecule has 0 radical (unpaired) electrons. The molecule has 3 rings (SSSR count). The van der Waals surface area contributed by atoms with Gasteiger partial charge in [0.25, 0.3) is 5.56 Å². The number of nitrogens with zero attached hydrogens (tertiary/aromatic N) is 3. The van der Waals surface area contributed by atoms with Crippen molar-refractivity contribution in [3.05, 3.63) is 57.7 Å². The lowest BCUT2D eigenvalue weighted by Gasteiger charge is -2.38. The summed E-state index contributed by atoms with van der Waals surface area (Å²) in [6.07, 6.45) is 2.48. The molecule has 1 aliphatic rings. The van der Waals surface area contributed by atoms with Crippen LogP contribution in [0.5, 0.6) is 0 Å². The monoisotopic (exact) mass is 404 g/mol. The number of piperidine rings is 1. The molecule has 1 atom stereocenters. The lowest BCUT2D eigenvalue weighted by Crippen LogP contribution is -2.49. The van der Waals surface area contributed by atoms with E-state index in [9.17, 15) is 14.7 Å². The number of anilines is 1. The average molecular weight is 405 g/mol. The van der Waals surface area contributed by atoms with Crippen LogP contribution >= 0.6 is 11.6 Å². The summed E-state index contributed by atoms with van der Waals surface area (Å²) >= 11 is 5.75. The van der Waals surface area contributed by atoms with Gasteiger partial charge in [0.15, 0.2) is 5.15 Å². The number of carbonyl (C=O) groups is 1. The summed E-state index contributed by atoms with van der Waals surface area (Å²) in [7, 11) is 0. The number of aromatic nitrogens is 2. The number of aliphatic hydroxyl groups is 1. The topological polar surface area (TPSA) is 101 Å². The van der Waals surface area contributed by atoms with Crippen LogP contribution in [0.1, 0.15) is 37.7 Å². The Morgan fingerprint density at radius 3 is 2.61 bits per heavy atom. The molecule has 1 fully saturated rings. The highest BCUT2D eigenvalue weighted by Gasteiger charge is 2.35. The van der Waals surface area contributed by atoms with Gasteiger partial charge in [-0.2, -0.15) is 0 Å². The van der Waals surface area contributed by atoms with Crippen LogP contribution in [0.4, 0.5) is 5.69 Å². The molecule has 1 aromatic heterocycles. The SMILES string of the molecule is CC(CC(=O)N1CCC(O)(Cn2cnc(Cl)c(N)c2=O)CC1)c1ccccc1. The standard InChI is InChI=1S/C20H25ClN4O3/c1-14(15-5-3-2-4-6-15)11-16(26)24-9-7-20(28,8-10-24)12-25-13-23-18(21)17(22)19(25)27/h2-6,13-14,28H,7-12,22H2,1H3. The first-order chi connectivity index (χ1) is 13.3. The summed E-state index contributed by atoms with van der Waals surface area (Å²) in [4.78, 5) is 30.5. The van der Waals surface area contributed by atoms with Crippen molar-refractivity contribution in [1.82, 2.24) is 14.5 Å². The van der Waals surface area contributed by atoms with E-state index in [2.05, 4.69) is 4.98 Å². The van der Waals surface area contributed by atoms with E-state index in [1.165, 1.54) is 10.9 Å². The first-order valence-corrected chi connectivity index (χ1v) is 9.72. The maximum Gasteiger partial charge on any atom is 0.278 e. The number of nitrogens with two attached hydrogens (primary N) is 1. The molecule has 1 aliphatic heterocycles. The number of nitrogen functional groups attached to an aromatic ring is 1. The molecule has 2 aromatic rings. The van der Waals surface area contributed by atoms with E-state index in [4.69, 9.17) is 17.3 Å². The number of hydrogen-bond acceptors (Lipinski definition) is 5. The van der Waals surface area contributed by atoms with Gasteiger partial charge in [-0.1, -0.05) is 48.9 Å². The Hall–Kier alpha value is -2.38. The largest absolute Gasteiger partial charge is 0.392 e. The van der Waals surface area contributed by atoms with Crippen LogP contribution in [0.25, 0.3) is 0 Å². The normalized spacial score (nSPS) is 17.3. The van der Waals surface area contributed by atoms with E-state index < -0.39 is 11.2 Å². The lowest BCUT2D eigenvalue weighted by atomic mass is 9.90. The zero-order chi connectivity index (χ0) is 20.3. The van der Waals surface area contributed by atoms with E-state index in [1.807, 2.05) is 37.3 Å². The van der Waals surface area contributed by atoms with Crippen molar-refractivity contribution in [1.29, 1.82) is 0 Å². The maximum absolute atomic E-state index is 12.6. The lowest BCUT2D eigenvalue weighted by molar-refractivity contribution is -0.136.